The Bertz CT molecular complexity index is 288. The van der Waals surface area contributed by atoms with Crippen LogP contribution in [0.2, 0.25) is 0 Å². The number of aliphatic imine (C=N–C) groups is 1. The Balaban J connectivity index is 5.13. The summed E-state index contributed by atoms with van der Waals surface area (Å²) in [4.78, 5) is 7.67. The van der Waals surface area contributed by atoms with Crippen molar-refractivity contribution < 1.29 is 4.48 Å². The predicted molar refractivity (Wildman–Crippen MR) is 110 cm³/mol. The van der Waals surface area contributed by atoms with Crippen LogP contribution in [0.25, 0.3) is 0 Å². The van der Waals surface area contributed by atoms with Gasteiger partial charge in [-0.3, -0.25) is 4.48 Å². The molecule has 0 fully saturated rings. The van der Waals surface area contributed by atoms with E-state index >= 15 is 0 Å². The lowest BCUT2D eigenvalue weighted by atomic mass is 10.1. The minimum atomic E-state index is 0.899. The van der Waals surface area contributed by atoms with E-state index < -0.39 is 0 Å². The van der Waals surface area contributed by atoms with Crippen LogP contribution in [-0.4, -0.2) is 54.6 Å². The summed E-state index contributed by atoms with van der Waals surface area (Å²) < 4.78 is 1.04. The zero-order valence-corrected chi connectivity index (χ0v) is 17.7. The highest BCUT2D eigenvalue weighted by molar-refractivity contribution is 5.73. The van der Waals surface area contributed by atoms with Crippen LogP contribution >= 0.6 is 0 Å². The van der Waals surface area contributed by atoms with Crippen LogP contribution in [0.4, 0.5) is 0 Å². The number of unbranched alkanes of at least 4 members (excludes halogenated alkanes) is 6. The van der Waals surface area contributed by atoms with Crippen molar-refractivity contribution in [3.8, 4) is 0 Å². The third kappa shape index (κ3) is 8.00. The Hall–Kier alpha value is -0.570. The Morgan fingerprint density at radius 2 is 1.12 bits per heavy atom. The molecule has 0 saturated heterocycles. The molecule has 0 aliphatic heterocycles. The second-order valence-electron chi connectivity index (χ2n) is 6.98. The zero-order chi connectivity index (χ0) is 18.3. The van der Waals surface area contributed by atoms with Gasteiger partial charge in [0.15, 0.2) is 0 Å². The van der Waals surface area contributed by atoms with Gasteiger partial charge in [-0.15, -0.1) is 0 Å². The summed E-state index contributed by atoms with van der Waals surface area (Å²) in [5, 5.41) is 0. The van der Waals surface area contributed by atoms with Gasteiger partial charge in [0, 0.05) is 19.6 Å². The summed E-state index contributed by atoms with van der Waals surface area (Å²) >= 11 is 0. The zero-order valence-electron chi connectivity index (χ0n) is 17.7. The number of guanidine groups is 1. The fourth-order valence-corrected chi connectivity index (χ4v) is 3.56. The van der Waals surface area contributed by atoms with Crippen molar-refractivity contribution in [1.82, 2.24) is 4.90 Å². The van der Waals surface area contributed by atoms with Gasteiger partial charge in [-0.1, -0.05) is 52.4 Å². The second-order valence-corrected chi connectivity index (χ2v) is 6.98. The Morgan fingerprint density at radius 1 is 0.667 bits per heavy atom. The predicted octanol–water partition coefficient (Wildman–Crippen LogP) is 5.70. The first kappa shape index (κ1) is 23.4. The van der Waals surface area contributed by atoms with Crippen molar-refractivity contribution in [1.29, 1.82) is 0 Å². The molecule has 3 heteroatoms. The van der Waals surface area contributed by atoms with Crippen LogP contribution < -0.4 is 0 Å². The fourth-order valence-electron chi connectivity index (χ4n) is 3.56. The van der Waals surface area contributed by atoms with Gasteiger partial charge >= 0.3 is 0 Å². The topological polar surface area (TPSA) is 15.6 Å². The molecule has 0 radical (unpaired) electrons. The van der Waals surface area contributed by atoms with Gasteiger partial charge in [-0.2, -0.15) is 0 Å². The summed E-state index contributed by atoms with van der Waals surface area (Å²) in [6, 6.07) is 0. The first-order chi connectivity index (χ1) is 11.7. The molecule has 0 unspecified atom stereocenters. The smallest absolute Gasteiger partial charge is 0.300 e. The van der Waals surface area contributed by atoms with Crippen molar-refractivity contribution in [3.05, 3.63) is 0 Å². The number of hydrogen-bond donors (Lipinski definition) is 0. The second kappa shape index (κ2) is 14.7. The van der Waals surface area contributed by atoms with E-state index in [-0.39, 0.29) is 0 Å². The maximum Gasteiger partial charge on any atom is 0.300 e. The van der Waals surface area contributed by atoms with E-state index in [2.05, 4.69) is 46.4 Å². The molecular formula is C21H46N3+. The highest BCUT2D eigenvalue weighted by atomic mass is 15.5. The van der Waals surface area contributed by atoms with Gasteiger partial charge in [-0.05, 0) is 40.5 Å². The summed E-state index contributed by atoms with van der Waals surface area (Å²) in [7, 11) is 0. The van der Waals surface area contributed by atoms with Crippen LogP contribution in [0.1, 0.15) is 92.9 Å². The Morgan fingerprint density at radius 3 is 1.46 bits per heavy atom. The third-order valence-electron chi connectivity index (χ3n) is 5.39. The molecule has 24 heavy (non-hydrogen) atoms. The van der Waals surface area contributed by atoms with Crippen LogP contribution in [0.3, 0.4) is 0 Å². The normalized spacial score (nSPS) is 12.7. The van der Waals surface area contributed by atoms with E-state index in [0.717, 1.165) is 30.7 Å². The maximum absolute atomic E-state index is 5.02. The number of nitrogens with zero attached hydrogens (tertiary/aromatic N) is 3. The molecule has 0 aromatic heterocycles. The minimum absolute atomic E-state index is 0.899. The van der Waals surface area contributed by atoms with Gasteiger partial charge in [0.2, 0.25) is 0 Å². The SMILES string of the molecule is CCCCCCN(CCCCCC)C(=NCC)[N+](CC)(CC)CC. The maximum atomic E-state index is 5.02. The molecule has 0 spiro atoms. The molecule has 144 valence electrons. The van der Waals surface area contributed by atoms with Crippen LogP contribution in [0.5, 0.6) is 0 Å². The van der Waals surface area contributed by atoms with Gasteiger partial charge < -0.3 is 4.90 Å². The lowest BCUT2D eigenvalue weighted by Gasteiger charge is -2.40. The Kier molecular flexibility index (Phi) is 14.4. The summed E-state index contributed by atoms with van der Waals surface area (Å²) in [5.41, 5.74) is 0. The van der Waals surface area contributed by atoms with Crippen molar-refractivity contribution in [2.24, 2.45) is 4.99 Å². The molecule has 0 aromatic carbocycles. The van der Waals surface area contributed by atoms with E-state index in [1.165, 1.54) is 70.4 Å². The van der Waals surface area contributed by atoms with Crippen molar-refractivity contribution in [3.63, 3.8) is 0 Å². The van der Waals surface area contributed by atoms with Crippen LogP contribution in [0, 0.1) is 0 Å². The fraction of sp³-hybridized carbons (Fsp3) is 0.952. The average molecular weight is 341 g/mol. The monoisotopic (exact) mass is 340 g/mol. The first-order valence-electron chi connectivity index (χ1n) is 10.8. The molecule has 0 rings (SSSR count). The average Bonchev–Trinajstić information content (AvgIpc) is 2.61. The lowest BCUT2D eigenvalue weighted by molar-refractivity contribution is -0.841. The molecule has 0 bridgehead atoms. The first-order valence-corrected chi connectivity index (χ1v) is 10.8. The molecule has 0 N–H and O–H groups in total. The Labute approximate surface area is 153 Å². The largest absolute Gasteiger partial charge is 0.311 e. The molecule has 0 aliphatic carbocycles. The lowest BCUT2D eigenvalue weighted by Crippen LogP contribution is -2.59. The summed E-state index contributed by atoms with van der Waals surface area (Å²) in [5.74, 6) is 1.36. The summed E-state index contributed by atoms with van der Waals surface area (Å²) in [6.45, 7) is 20.4. The number of quaternary nitrogens is 1. The molecule has 3 nitrogen and oxygen atoms in total. The van der Waals surface area contributed by atoms with E-state index in [1.807, 2.05) is 0 Å². The quantitative estimate of drug-likeness (QED) is 0.171. The molecule has 0 saturated carbocycles. The van der Waals surface area contributed by atoms with E-state index in [9.17, 15) is 0 Å². The molecule has 0 aromatic rings. The van der Waals surface area contributed by atoms with Gasteiger partial charge in [0.25, 0.3) is 5.96 Å². The molecule has 0 amide bonds. The highest BCUT2D eigenvalue weighted by Gasteiger charge is 2.33. The molecule has 0 atom stereocenters. The van der Waals surface area contributed by atoms with Crippen molar-refractivity contribution >= 4 is 5.96 Å². The number of hydrogen-bond acceptors (Lipinski definition) is 1. The number of rotatable bonds is 14. The van der Waals surface area contributed by atoms with Crippen LogP contribution in [-0.2, 0) is 0 Å². The van der Waals surface area contributed by atoms with Gasteiger partial charge in [0.05, 0.1) is 19.6 Å². The van der Waals surface area contributed by atoms with Crippen LogP contribution in [0.15, 0.2) is 4.99 Å². The minimum Gasteiger partial charge on any atom is -0.311 e. The highest BCUT2D eigenvalue weighted by Crippen LogP contribution is 2.15. The van der Waals surface area contributed by atoms with Gasteiger partial charge in [0.1, 0.15) is 0 Å². The van der Waals surface area contributed by atoms with Crippen molar-refractivity contribution in [2.45, 2.75) is 92.9 Å². The third-order valence-corrected chi connectivity index (χ3v) is 5.39. The standard InChI is InChI=1S/C21H46N3/c1-7-13-15-17-19-23(20-18-16-14-8-2)21(22-9-3)24(10-4,11-5)12-6/h7-20H2,1-6H3/q+1. The molecule has 0 aliphatic rings. The van der Waals surface area contributed by atoms with E-state index in [4.69, 9.17) is 4.99 Å². The van der Waals surface area contributed by atoms with Crippen molar-refractivity contribution in [2.75, 3.05) is 39.3 Å². The molecule has 0 heterocycles. The van der Waals surface area contributed by atoms with E-state index in [1.54, 1.807) is 0 Å². The van der Waals surface area contributed by atoms with E-state index in [0.29, 0.717) is 0 Å². The van der Waals surface area contributed by atoms with Gasteiger partial charge in [-0.25, -0.2) is 4.99 Å². The summed E-state index contributed by atoms with van der Waals surface area (Å²) in [6.07, 6.45) is 10.7. The molecular weight excluding hydrogens is 294 g/mol.